The van der Waals surface area contributed by atoms with Crippen LogP contribution >= 0.6 is 11.6 Å². The highest BCUT2D eigenvalue weighted by Gasteiger charge is 2.17. The van der Waals surface area contributed by atoms with E-state index in [1.807, 2.05) is 68.9 Å². The molecule has 1 aromatic carbocycles. The van der Waals surface area contributed by atoms with Crippen LogP contribution in [0.5, 0.6) is 0 Å². The van der Waals surface area contributed by atoms with Gasteiger partial charge in [-0.1, -0.05) is 23.7 Å². The SMILES string of the molecule is Cn1ccc2c(-c3cccc(NC(=O)OC(C)(C)C)c3)nc(Cl)cc21. The van der Waals surface area contributed by atoms with E-state index in [9.17, 15) is 4.79 Å². The molecule has 0 spiro atoms. The standard InChI is InChI=1S/C19H20ClN3O2/c1-19(2,3)25-18(24)21-13-7-5-6-12(10-13)17-14-8-9-23(4)15(14)11-16(20)22-17/h5-11H,1-4H3,(H,21,24). The van der Waals surface area contributed by atoms with E-state index >= 15 is 0 Å². The maximum atomic E-state index is 12.0. The summed E-state index contributed by atoms with van der Waals surface area (Å²) in [5, 5.41) is 4.18. The number of aromatic nitrogens is 2. The molecule has 0 atom stereocenters. The molecule has 0 aliphatic heterocycles. The zero-order valence-electron chi connectivity index (χ0n) is 14.6. The van der Waals surface area contributed by atoms with Crippen LogP contribution in [0, 0.1) is 0 Å². The summed E-state index contributed by atoms with van der Waals surface area (Å²) in [7, 11) is 1.96. The second-order valence-corrected chi connectivity index (χ2v) is 7.25. The summed E-state index contributed by atoms with van der Waals surface area (Å²) >= 11 is 6.19. The van der Waals surface area contributed by atoms with E-state index in [1.54, 1.807) is 6.07 Å². The summed E-state index contributed by atoms with van der Waals surface area (Å²) in [5.74, 6) is 0. The number of nitrogens with one attached hydrogen (secondary N) is 1. The van der Waals surface area contributed by atoms with Crippen molar-refractivity contribution in [2.45, 2.75) is 26.4 Å². The molecule has 5 nitrogen and oxygen atoms in total. The van der Waals surface area contributed by atoms with Gasteiger partial charge in [0.1, 0.15) is 10.8 Å². The number of anilines is 1. The van der Waals surface area contributed by atoms with Gasteiger partial charge in [0.2, 0.25) is 0 Å². The van der Waals surface area contributed by atoms with Crippen LogP contribution in [-0.2, 0) is 11.8 Å². The summed E-state index contributed by atoms with van der Waals surface area (Å²) in [4.78, 5) is 16.4. The van der Waals surface area contributed by atoms with Crippen molar-refractivity contribution in [3.05, 3.63) is 47.7 Å². The fourth-order valence-electron chi connectivity index (χ4n) is 2.62. The largest absolute Gasteiger partial charge is 0.444 e. The van der Waals surface area contributed by atoms with Gasteiger partial charge in [0, 0.05) is 29.9 Å². The van der Waals surface area contributed by atoms with Crippen LogP contribution in [0.1, 0.15) is 20.8 Å². The van der Waals surface area contributed by atoms with Crippen LogP contribution < -0.4 is 5.32 Å². The highest BCUT2D eigenvalue weighted by molar-refractivity contribution is 6.30. The lowest BCUT2D eigenvalue weighted by Crippen LogP contribution is -2.27. The molecule has 3 aromatic rings. The number of hydrogen-bond acceptors (Lipinski definition) is 3. The van der Waals surface area contributed by atoms with E-state index in [0.717, 1.165) is 22.2 Å². The number of amides is 1. The Morgan fingerprint density at radius 3 is 2.72 bits per heavy atom. The van der Waals surface area contributed by atoms with Crippen molar-refractivity contribution >= 4 is 34.3 Å². The first-order valence-corrected chi connectivity index (χ1v) is 8.33. The van der Waals surface area contributed by atoms with Crippen molar-refractivity contribution in [3.63, 3.8) is 0 Å². The van der Waals surface area contributed by atoms with Crippen LogP contribution in [0.2, 0.25) is 5.15 Å². The van der Waals surface area contributed by atoms with Gasteiger partial charge in [-0.15, -0.1) is 0 Å². The number of hydrogen-bond donors (Lipinski definition) is 1. The van der Waals surface area contributed by atoms with Crippen LogP contribution in [0.15, 0.2) is 42.6 Å². The molecule has 2 aromatic heterocycles. The normalized spacial score (nSPS) is 11.6. The van der Waals surface area contributed by atoms with Gasteiger partial charge in [-0.05, 0) is 45.0 Å². The van der Waals surface area contributed by atoms with Gasteiger partial charge in [-0.3, -0.25) is 5.32 Å². The molecular weight excluding hydrogens is 338 g/mol. The molecular formula is C19H20ClN3O2. The Bertz CT molecular complexity index is 941. The van der Waals surface area contributed by atoms with E-state index in [-0.39, 0.29) is 0 Å². The quantitative estimate of drug-likeness (QED) is 0.638. The highest BCUT2D eigenvalue weighted by Crippen LogP contribution is 2.31. The van der Waals surface area contributed by atoms with E-state index in [4.69, 9.17) is 16.3 Å². The fraction of sp³-hybridized carbons (Fsp3) is 0.263. The molecule has 0 aliphatic rings. The number of aryl methyl sites for hydroxylation is 1. The highest BCUT2D eigenvalue weighted by atomic mass is 35.5. The maximum absolute atomic E-state index is 12.0. The number of halogens is 1. The fourth-order valence-corrected chi connectivity index (χ4v) is 2.81. The van der Waals surface area contributed by atoms with Crippen molar-refractivity contribution in [1.29, 1.82) is 0 Å². The zero-order valence-corrected chi connectivity index (χ0v) is 15.4. The minimum absolute atomic E-state index is 0.426. The Balaban J connectivity index is 1.96. The number of carbonyl (C=O) groups excluding carboxylic acids is 1. The second kappa shape index (κ2) is 6.41. The minimum atomic E-state index is -0.549. The maximum Gasteiger partial charge on any atom is 0.412 e. The Morgan fingerprint density at radius 1 is 1.24 bits per heavy atom. The second-order valence-electron chi connectivity index (χ2n) is 6.86. The number of pyridine rings is 1. The molecule has 0 fully saturated rings. The van der Waals surface area contributed by atoms with E-state index in [1.165, 1.54) is 0 Å². The summed E-state index contributed by atoms with van der Waals surface area (Å²) in [5.41, 5.74) is 2.73. The third-order valence-electron chi connectivity index (χ3n) is 3.63. The third kappa shape index (κ3) is 3.94. The van der Waals surface area contributed by atoms with Crippen molar-refractivity contribution in [1.82, 2.24) is 9.55 Å². The lowest BCUT2D eigenvalue weighted by molar-refractivity contribution is 0.0636. The summed E-state index contributed by atoms with van der Waals surface area (Å²) in [6.45, 7) is 5.47. The van der Waals surface area contributed by atoms with Gasteiger partial charge in [-0.2, -0.15) is 0 Å². The monoisotopic (exact) mass is 357 g/mol. The molecule has 3 rings (SSSR count). The summed E-state index contributed by atoms with van der Waals surface area (Å²) in [6, 6.07) is 11.3. The first kappa shape index (κ1) is 17.3. The average Bonchev–Trinajstić information content (AvgIpc) is 2.86. The van der Waals surface area contributed by atoms with Crippen LogP contribution in [0.3, 0.4) is 0 Å². The van der Waals surface area contributed by atoms with Crippen LogP contribution in [-0.4, -0.2) is 21.2 Å². The van der Waals surface area contributed by atoms with E-state index in [0.29, 0.717) is 10.8 Å². The van der Waals surface area contributed by atoms with E-state index in [2.05, 4.69) is 10.3 Å². The Kier molecular flexibility index (Phi) is 4.43. The number of benzene rings is 1. The predicted molar refractivity (Wildman–Crippen MR) is 101 cm³/mol. The molecule has 0 saturated carbocycles. The van der Waals surface area contributed by atoms with Crippen molar-refractivity contribution in [2.24, 2.45) is 7.05 Å². The Labute approximate surface area is 151 Å². The van der Waals surface area contributed by atoms with Gasteiger partial charge in [0.25, 0.3) is 0 Å². The minimum Gasteiger partial charge on any atom is -0.444 e. The third-order valence-corrected chi connectivity index (χ3v) is 3.83. The van der Waals surface area contributed by atoms with Crippen LogP contribution in [0.4, 0.5) is 10.5 Å². The first-order valence-electron chi connectivity index (χ1n) is 7.95. The lowest BCUT2D eigenvalue weighted by Gasteiger charge is -2.19. The molecule has 0 unspecified atom stereocenters. The summed E-state index contributed by atoms with van der Waals surface area (Å²) < 4.78 is 7.29. The number of nitrogens with zero attached hydrogens (tertiary/aromatic N) is 2. The van der Waals surface area contributed by atoms with E-state index < -0.39 is 11.7 Å². The van der Waals surface area contributed by atoms with Crippen molar-refractivity contribution < 1.29 is 9.53 Å². The summed E-state index contributed by atoms with van der Waals surface area (Å²) in [6.07, 6.45) is 1.48. The van der Waals surface area contributed by atoms with Crippen molar-refractivity contribution in [3.8, 4) is 11.3 Å². The lowest BCUT2D eigenvalue weighted by atomic mass is 10.1. The predicted octanol–water partition coefficient (Wildman–Crippen LogP) is 5.24. The molecule has 0 bridgehead atoms. The smallest absolute Gasteiger partial charge is 0.412 e. The number of carbonyl (C=O) groups is 1. The van der Waals surface area contributed by atoms with Gasteiger partial charge in [0.05, 0.1) is 11.2 Å². The Hall–Kier alpha value is -2.53. The topological polar surface area (TPSA) is 56.2 Å². The van der Waals surface area contributed by atoms with Gasteiger partial charge >= 0.3 is 6.09 Å². The Morgan fingerprint density at radius 2 is 2.00 bits per heavy atom. The van der Waals surface area contributed by atoms with Gasteiger partial charge in [0.15, 0.2) is 0 Å². The molecule has 0 aliphatic carbocycles. The molecule has 1 amide bonds. The zero-order chi connectivity index (χ0) is 18.2. The first-order chi connectivity index (χ1) is 11.7. The average molecular weight is 358 g/mol. The molecule has 0 saturated heterocycles. The molecule has 6 heteroatoms. The molecule has 0 radical (unpaired) electrons. The molecule has 130 valence electrons. The molecule has 2 heterocycles. The van der Waals surface area contributed by atoms with Crippen molar-refractivity contribution in [2.75, 3.05) is 5.32 Å². The van der Waals surface area contributed by atoms with Gasteiger partial charge in [-0.25, -0.2) is 9.78 Å². The number of rotatable bonds is 2. The molecule has 25 heavy (non-hydrogen) atoms. The van der Waals surface area contributed by atoms with Gasteiger partial charge < -0.3 is 9.30 Å². The molecule has 1 N–H and O–H groups in total. The van der Waals surface area contributed by atoms with Crippen LogP contribution in [0.25, 0.3) is 22.2 Å². The number of ether oxygens (including phenoxy) is 1. The number of fused-ring (bicyclic) bond motifs is 1.